The van der Waals surface area contributed by atoms with Crippen LogP contribution in [0.3, 0.4) is 0 Å². The molecule has 2 aromatic carbocycles. The highest BCUT2D eigenvalue weighted by Crippen LogP contribution is 2.33. The van der Waals surface area contributed by atoms with E-state index in [0.717, 1.165) is 12.0 Å². The van der Waals surface area contributed by atoms with Gasteiger partial charge in [-0.25, -0.2) is 9.79 Å². The van der Waals surface area contributed by atoms with Crippen molar-refractivity contribution in [2.24, 2.45) is 4.99 Å². The number of fused-ring (bicyclic) bond motifs is 1. The molecule has 0 bridgehead atoms. The maximum Gasteiger partial charge on any atom is 0.338 e. The molecule has 0 saturated heterocycles. The van der Waals surface area contributed by atoms with Gasteiger partial charge in [0.25, 0.3) is 5.56 Å². The van der Waals surface area contributed by atoms with Crippen LogP contribution >= 0.6 is 11.3 Å². The molecule has 0 saturated carbocycles. The largest absolute Gasteiger partial charge is 0.508 e. The number of rotatable bonds is 7. The van der Waals surface area contributed by atoms with E-state index in [4.69, 9.17) is 9.73 Å². The molecule has 1 N–H and O–H groups in total. The van der Waals surface area contributed by atoms with Crippen LogP contribution in [0.1, 0.15) is 69.2 Å². The average Bonchev–Trinajstić information content (AvgIpc) is 3.13. The summed E-state index contributed by atoms with van der Waals surface area (Å²) in [6.45, 7) is 8.30. The molecule has 4 rings (SSSR count). The first-order chi connectivity index (χ1) is 16.8. The molecule has 6 nitrogen and oxygen atoms in total. The monoisotopic (exact) mass is 490 g/mol. The Labute approximate surface area is 208 Å². The minimum absolute atomic E-state index is 0.129. The van der Waals surface area contributed by atoms with E-state index < -0.39 is 12.0 Å². The third kappa shape index (κ3) is 5.00. The number of hydrogen-bond acceptors (Lipinski definition) is 6. The molecule has 0 amide bonds. The van der Waals surface area contributed by atoms with Crippen LogP contribution in [0.5, 0.6) is 5.75 Å². The summed E-state index contributed by atoms with van der Waals surface area (Å²) in [4.78, 5) is 32.2. The van der Waals surface area contributed by atoms with Gasteiger partial charge in [-0.2, -0.15) is 0 Å². The highest BCUT2D eigenvalue weighted by Gasteiger charge is 2.34. The topological polar surface area (TPSA) is 80.9 Å². The molecule has 35 heavy (non-hydrogen) atoms. The molecule has 0 spiro atoms. The minimum atomic E-state index is -0.626. The molecule has 1 aliphatic rings. The molecule has 0 radical (unpaired) electrons. The molecule has 0 unspecified atom stereocenters. The zero-order valence-electron chi connectivity index (χ0n) is 20.4. The van der Waals surface area contributed by atoms with Crippen LogP contribution in [0.25, 0.3) is 6.08 Å². The van der Waals surface area contributed by atoms with Crippen molar-refractivity contribution in [3.8, 4) is 5.75 Å². The SMILES string of the molecule is CCCC1=C(C(=O)OCC)[C@H](c2ccc(C(C)C)cc2)n2c(s/c(=C\c3cccc(O)c3)c2=O)=N1. The number of phenolic OH excluding ortho intramolecular Hbond substituents is 1. The van der Waals surface area contributed by atoms with Crippen LogP contribution in [-0.2, 0) is 9.53 Å². The molecule has 1 aliphatic heterocycles. The number of carbonyl (C=O) groups is 1. The first-order valence-corrected chi connectivity index (χ1v) is 12.8. The Hall–Kier alpha value is -3.45. The van der Waals surface area contributed by atoms with Crippen LogP contribution in [0, 0.1) is 0 Å². The second-order valence-corrected chi connectivity index (χ2v) is 9.84. The van der Waals surface area contributed by atoms with Crippen molar-refractivity contribution < 1.29 is 14.6 Å². The summed E-state index contributed by atoms with van der Waals surface area (Å²) in [5.74, 6) is 0.0495. The van der Waals surface area contributed by atoms with Crippen molar-refractivity contribution in [1.29, 1.82) is 0 Å². The van der Waals surface area contributed by atoms with Gasteiger partial charge < -0.3 is 9.84 Å². The van der Waals surface area contributed by atoms with Gasteiger partial charge in [-0.3, -0.25) is 9.36 Å². The van der Waals surface area contributed by atoms with E-state index in [1.165, 1.54) is 16.9 Å². The molecule has 1 aromatic heterocycles. The summed E-state index contributed by atoms with van der Waals surface area (Å²) in [5, 5.41) is 9.84. The summed E-state index contributed by atoms with van der Waals surface area (Å²) in [5.41, 5.74) is 3.58. The van der Waals surface area contributed by atoms with Crippen molar-refractivity contribution >= 4 is 23.4 Å². The number of carbonyl (C=O) groups excluding carboxylic acids is 1. The summed E-state index contributed by atoms with van der Waals surface area (Å²) >= 11 is 1.29. The number of aromatic nitrogens is 1. The lowest BCUT2D eigenvalue weighted by molar-refractivity contribution is -0.139. The van der Waals surface area contributed by atoms with Crippen molar-refractivity contribution in [3.63, 3.8) is 0 Å². The maximum absolute atomic E-state index is 13.7. The Kier molecular flexibility index (Phi) is 7.36. The van der Waals surface area contributed by atoms with Gasteiger partial charge in [0.1, 0.15) is 5.75 Å². The van der Waals surface area contributed by atoms with Crippen molar-refractivity contribution in [3.05, 3.63) is 96.2 Å². The van der Waals surface area contributed by atoms with E-state index >= 15 is 0 Å². The second-order valence-electron chi connectivity index (χ2n) is 8.83. The average molecular weight is 491 g/mol. The fraction of sp³-hybridized carbons (Fsp3) is 0.321. The van der Waals surface area contributed by atoms with Gasteiger partial charge in [-0.05, 0) is 54.2 Å². The molecule has 3 aromatic rings. The number of hydrogen-bond donors (Lipinski definition) is 1. The Morgan fingerprint density at radius 2 is 1.94 bits per heavy atom. The van der Waals surface area contributed by atoms with Gasteiger partial charge in [-0.1, -0.05) is 74.9 Å². The normalized spacial score (nSPS) is 15.8. The fourth-order valence-corrected chi connectivity index (χ4v) is 5.29. The Morgan fingerprint density at radius 3 is 2.57 bits per heavy atom. The van der Waals surface area contributed by atoms with Crippen LogP contribution in [0.4, 0.5) is 0 Å². The number of allylic oxidation sites excluding steroid dienone is 1. The molecule has 1 atom stereocenters. The van der Waals surface area contributed by atoms with Gasteiger partial charge in [0, 0.05) is 0 Å². The molecule has 7 heteroatoms. The van der Waals surface area contributed by atoms with E-state index in [9.17, 15) is 14.7 Å². The Bertz CT molecular complexity index is 1450. The van der Waals surface area contributed by atoms with Crippen molar-refractivity contribution in [2.75, 3.05) is 6.61 Å². The predicted molar refractivity (Wildman–Crippen MR) is 138 cm³/mol. The summed E-state index contributed by atoms with van der Waals surface area (Å²) in [7, 11) is 0. The number of phenols is 1. The zero-order valence-corrected chi connectivity index (χ0v) is 21.3. The number of esters is 1. The van der Waals surface area contributed by atoms with Crippen LogP contribution < -0.4 is 14.9 Å². The van der Waals surface area contributed by atoms with E-state index in [1.54, 1.807) is 35.8 Å². The first kappa shape index (κ1) is 24.7. The zero-order chi connectivity index (χ0) is 25.1. The van der Waals surface area contributed by atoms with E-state index in [2.05, 4.69) is 13.8 Å². The van der Waals surface area contributed by atoms with Gasteiger partial charge in [0.2, 0.25) is 0 Å². The van der Waals surface area contributed by atoms with Gasteiger partial charge >= 0.3 is 5.97 Å². The molecule has 182 valence electrons. The van der Waals surface area contributed by atoms with Crippen LogP contribution in [0.15, 0.2) is 69.6 Å². The van der Waals surface area contributed by atoms with E-state index in [-0.39, 0.29) is 17.9 Å². The van der Waals surface area contributed by atoms with E-state index in [1.807, 2.05) is 37.3 Å². The number of ether oxygens (including phenoxy) is 1. The lowest BCUT2D eigenvalue weighted by Crippen LogP contribution is -2.40. The third-order valence-electron chi connectivity index (χ3n) is 5.98. The number of nitrogens with zero attached hydrogens (tertiary/aromatic N) is 2. The summed E-state index contributed by atoms with van der Waals surface area (Å²) in [6.07, 6.45) is 3.15. The molecule has 2 heterocycles. The predicted octanol–water partition coefficient (Wildman–Crippen LogP) is 4.41. The lowest BCUT2D eigenvalue weighted by atomic mass is 9.92. The number of thiazole rings is 1. The lowest BCUT2D eigenvalue weighted by Gasteiger charge is -2.26. The molecular formula is C28H30N2O4S. The number of aromatic hydroxyl groups is 1. The standard InChI is InChI=1S/C28H30N2O4S/c1-5-8-22-24(27(33)34-6-2)25(20-13-11-19(12-14-20)17(3)4)30-26(32)23(35-28(30)29-22)16-18-9-7-10-21(31)15-18/h7,9-17,25,31H,5-6,8H2,1-4H3/b23-16-/t25-/m0/s1. The summed E-state index contributed by atoms with van der Waals surface area (Å²) < 4.78 is 7.53. The van der Waals surface area contributed by atoms with Gasteiger partial charge in [0.05, 0.1) is 28.5 Å². The van der Waals surface area contributed by atoms with Gasteiger partial charge in [0.15, 0.2) is 4.80 Å². The Morgan fingerprint density at radius 1 is 1.20 bits per heavy atom. The summed E-state index contributed by atoms with van der Waals surface area (Å²) in [6, 6.07) is 14.2. The maximum atomic E-state index is 13.7. The highest BCUT2D eigenvalue weighted by atomic mass is 32.1. The third-order valence-corrected chi connectivity index (χ3v) is 6.96. The molecule has 0 aliphatic carbocycles. The molecular weight excluding hydrogens is 460 g/mol. The van der Waals surface area contributed by atoms with Crippen LogP contribution in [-0.4, -0.2) is 22.2 Å². The second kappa shape index (κ2) is 10.4. The smallest absolute Gasteiger partial charge is 0.338 e. The van der Waals surface area contributed by atoms with Crippen molar-refractivity contribution in [2.45, 2.75) is 52.5 Å². The van der Waals surface area contributed by atoms with Gasteiger partial charge in [-0.15, -0.1) is 0 Å². The highest BCUT2D eigenvalue weighted by molar-refractivity contribution is 7.07. The Balaban J connectivity index is 1.98. The number of benzene rings is 2. The van der Waals surface area contributed by atoms with Crippen molar-refractivity contribution in [1.82, 2.24) is 4.57 Å². The van der Waals surface area contributed by atoms with Crippen LogP contribution in [0.2, 0.25) is 0 Å². The minimum Gasteiger partial charge on any atom is -0.508 e. The quantitative estimate of drug-likeness (QED) is 0.498. The first-order valence-electron chi connectivity index (χ1n) is 11.9. The fourth-order valence-electron chi connectivity index (χ4n) is 4.27. The molecule has 0 fully saturated rings. The van der Waals surface area contributed by atoms with E-state index in [0.29, 0.717) is 38.5 Å².